The molecule has 1 heterocycles. The maximum Gasteiger partial charge on any atom is 0.232 e. The van der Waals surface area contributed by atoms with Gasteiger partial charge in [0.2, 0.25) is 10.0 Å². The summed E-state index contributed by atoms with van der Waals surface area (Å²) in [7, 11) is -3.42. The van der Waals surface area contributed by atoms with Crippen molar-refractivity contribution in [3.63, 3.8) is 0 Å². The molecule has 1 saturated heterocycles. The summed E-state index contributed by atoms with van der Waals surface area (Å²) in [6.07, 6.45) is 3.91. The number of benzene rings is 1. The van der Waals surface area contributed by atoms with E-state index in [-0.39, 0.29) is 17.5 Å². The van der Waals surface area contributed by atoms with Crippen molar-refractivity contribution >= 4 is 15.7 Å². The minimum absolute atomic E-state index is 0.0557. The summed E-state index contributed by atoms with van der Waals surface area (Å²) >= 11 is 0. The Morgan fingerprint density at radius 2 is 2.20 bits per heavy atom. The molecule has 0 saturated carbocycles. The van der Waals surface area contributed by atoms with Crippen molar-refractivity contribution in [1.29, 1.82) is 0 Å². The highest BCUT2D eigenvalue weighted by atomic mass is 32.2. The topological polar surface area (TPSA) is 58.2 Å². The third-order valence-electron chi connectivity index (χ3n) is 3.59. The average molecular weight is 300 g/mol. The van der Waals surface area contributed by atoms with Gasteiger partial charge in [-0.25, -0.2) is 12.8 Å². The number of rotatable bonds is 5. The average Bonchev–Trinajstić information content (AvgIpc) is 2.42. The minimum Gasteiger partial charge on any atom is -0.314 e. The zero-order valence-corrected chi connectivity index (χ0v) is 12.5. The van der Waals surface area contributed by atoms with Crippen molar-refractivity contribution in [3.05, 3.63) is 29.6 Å². The molecule has 0 aromatic heterocycles. The molecule has 1 atom stereocenters. The van der Waals surface area contributed by atoms with E-state index in [1.165, 1.54) is 6.07 Å². The van der Waals surface area contributed by atoms with Crippen molar-refractivity contribution < 1.29 is 12.8 Å². The third kappa shape index (κ3) is 4.45. The van der Waals surface area contributed by atoms with Crippen molar-refractivity contribution in [2.45, 2.75) is 38.6 Å². The first-order valence-corrected chi connectivity index (χ1v) is 8.61. The van der Waals surface area contributed by atoms with Crippen LogP contribution in [-0.4, -0.2) is 26.8 Å². The van der Waals surface area contributed by atoms with Crippen LogP contribution in [0.15, 0.2) is 18.2 Å². The first kappa shape index (κ1) is 15.3. The van der Waals surface area contributed by atoms with Crippen molar-refractivity contribution in [1.82, 2.24) is 5.32 Å². The first-order valence-electron chi connectivity index (χ1n) is 6.96. The molecule has 4 nitrogen and oxygen atoms in total. The van der Waals surface area contributed by atoms with Gasteiger partial charge in [0.15, 0.2) is 0 Å². The van der Waals surface area contributed by atoms with Gasteiger partial charge in [-0.2, -0.15) is 0 Å². The molecule has 1 fully saturated rings. The Balaban J connectivity index is 1.91. The van der Waals surface area contributed by atoms with Gasteiger partial charge in [0.05, 0.1) is 11.4 Å². The molecule has 1 unspecified atom stereocenters. The Bertz CT molecular complexity index is 554. The quantitative estimate of drug-likeness (QED) is 0.878. The van der Waals surface area contributed by atoms with E-state index in [0.29, 0.717) is 12.0 Å². The summed E-state index contributed by atoms with van der Waals surface area (Å²) in [5.74, 6) is -0.348. The zero-order chi connectivity index (χ0) is 14.6. The molecule has 0 radical (unpaired) electrons. The lowest BCUT2D eigenvalue weighted by molar-refractivity contribution is 0.393. The lowest BCUT2D eigenvalue weighted by atomic mass is 10.0. The number of hydrogen-bond acceptors (Lipinski definition) is 3. The second-order valence-electron chi connectivity index (χ2n) is 5.32. The van der Waals surface area contributed by atoms with Gasteiger partial charge in [-0.3, -0.25) is 4.72 Å². The smallest absolute Gasteiger partial charge is 0.232 e. The molecule has 6 heteroatoms. The van der Waals surface area contributed by atoms with Crippen molar-refractivity contribution in [3.8, 4) is 0 Å². The maximum absolute atomic E-state index is 13.4. The number of halogens is 1. The van der Waals surface area contributed by atoms with Crippen LogP contribution in [0.25, 0.3) is 0 Å². The van der Waals surface area contributed by atoms with Gasteiger partial charge in [0.25, 0.3) is 0 Å². The minimum atomic E-state index is -3.42. The van der Waals surface area contributed by atoms with Crippen LogP contribution in [0.2, 0.25) is 0 Å². The van der Waals surface area contributed by atoms with Crippen LogP contribution in [0.1, 0.15) is 31.2 Å². The van der Waals surface area contributed by atoms with Gasteiger partial charge in [0, 0.05) is 6.04 Å². The van der Waals surface area contributed by atoms with E-state index in [1.807, 2.05) is 0 Å². The van der Waals surface area contributed by atoms with Gasteiger partial charge < -0.3 is 5.32 Å². The summed E-state index contributed by atoms with van der Waals surface area (Å²) in [6.45, 7) is 2.60. The number of aryl methyl sites for hydroxylation is 1. The molecule has 1 aromatic rings. The molecule has 1 aromatic carbocycles. The number of piperidine rings is 1. The number of nitrogens with one attached hydrogen (secondary N) is 2. The molecule has 0 spiro atoms. The van der Waals surface area contributed by atoms with Crippen LogP contribution < -0.4 is 10.0 Å². The van der Waals surface area contributed by atoms with E-state index < -0.39 is 15.8 Å². The van der Waals surface area contributed by atoms with Crippen molar-refractivity contribution in [2.24, 2.45) is 0 Å². The molecule has 1 aliphatic rings. The fraction of sp³-hybridized carbons (Fsp3) is 0.571. The van der Waals surface area contributed by atoms with E-state index in [4.69, 9.17) is 0 Å². The largest absolute Gasteiger partial charge is 0.314 e. The summed E-state index contributed by atoms with van der Waals surface area (Å²) < 4.78 is 39.8. The van der Waals surface area contributed by atoms with Crippen molar-refractivity contribution in [2.75, 3.05) is 17.0 Å². The highest BCUT2D eigenvalue weighted by molar-refractivity contribution is 7.92. The second kappa shape index (κ2) is 6.54. The number of anilines is 1. The number of hydrogen-bond donors (Lipinski definition) is 2. The molecule has 1 aliphatic heterocycles. The van der Waals surface area contributed by atoms with E-state index in [9.17, 15) is 12.8 Å². The van der Waals surface area contributed by atoms with Crippen LogP contribution in [0.3, 0.4) is 0 Å². The molecule has 20 heavy (non-hydrogen) atoms. The van der Waals surface area contributed by atoms with Gasteiger partial charge >= 0.3 is 0 Å². The Hall–Kier alpha value is -1.14. The molecule has 2 N–H and O–H groups in total. The van der Waals surface area contributed by atoms with Crippen LogP contribution in [0.5, 0.6) is 0 Å². The Kier molecular flexibility index (Phi) is 4.99. The number of sulfonamides is 1. The summed E-state index contributed by atoms with van der Waals surface area (Å²) in [5.41, 5.74) is 0.782. The highest BCUT2D eigenvalue weighted by Gasteiger charge is 2.17. The molecule has 0 amide bonds. The fourth-order valence-electron chi connectivity index (χ4n) is 2.35. The Morgan fingerprint density at radius 3 is 2.85 bits per heavy atom. The van der Waals surface area contributed by atoms with Gasteiger partial charge in [-0.1, -0.05) is 12.5 Å². The zero-order valence-electron chi connectivity index (χ0n) is 11.7. The highest BCUT2D eigenvalue weighted by Crippen LogP contribution is 2.16. The summed E-state index contributed by atoms with van der Waals surface area (Å²) in [6, 6.07) is 4.63. The normalized spacial score (nSPS) is 19.8. The predicted octanol–water partition coefficient (Wildman–Crippen LogP) is 2.41. The molecule has 0 aliphatic carbocycles. The standard InChI is InChI=1S/C14H21FN2O2S/c1-11-5-6-13(10-14(11)15)17-20(18,19)9-7-12-4-2-3-8-16-12/h5-6,10,12,16-17H,2-4,7-9H2,1H3. The van der Waals surface area contributed by atoms with Gasteiger partial charge in [0.1, 0.15) is 5.82 Å². The predicted molar refractivity (Wildman–Crippen MR) is 78.8 cm³/mol. The lowest BCUT2D eigenvalue weighted by Gasteiger charge is -2.23. The monoisotopic (exact) mass is 300 g/mol. The SMILES string of the molecule is Cc1ccc(NS(=O)(=O)CCC2CCCCN2)cc1F. The van der Waals surface area contributed by atoms with E-state index >= 15 is 0 Å². The van der Waals surface area contributed by atoms with Crippen LogP contribution in [-0.2, 0) is 10.0 Å². The summed E-state index contributed by atoms with van der Waals surface area (Å²) in [5, 5.41) is 3.32. The molecule has 0 bridgehead atoms. The maximum atomic E-state index is 13.4. The van der Waals surface area contributed by atoms with Gasteiger partial charge in [-0.15, -0.1) is 0 Å². The van der Waals surface area contributed by atoms with Crippen LogP contribution in [0, 0.1) is 12.7 Å². The van der Waals surface area contributed by atoms with Gasteiger partial charge in [-0.05, 0) is 50.4 Å². The first-order chi connectivity index (χ1) is 9.46. The lowest BCUT2D eigenvalue weighted by Crippen LogP contribution is -2.36. The fourth-order valence-corrected chi connectivity index (χ4v) is 3.54. The Labute approximate surface area is 119 Å². The third-order valence-corrected chi connectivity index (χ3v) is 4.91. The Morgan fingerprint density at radius 1 is 1.40 bits per heavy atom. The molecular formula is C14H21FN2O2S. The van der Waals surface area contributed by atoms with Crippen LogP contribution in [0.4, 0.5) is 10.1 Å². The molecular weight excluding hydrogens is 279 g/mol. The van der Waals surface area contributed by atoms with E-state index in [0.717, 1.165) is 25.8 Å². The van der Waals surface area contributed by atoms with E-state index in [2.05, 4.69) is 10.0 Å². The van der Waals surface area contributed by atoms with Crippen LogP contribution >= 0.6 is 0 Å². The summed E-state index contributed by atoms with van der Waals surface area (Å²) in [4.78, 5) is 0. The second-order valence-corrected chi connectivity index (χ2v) is 7.16. The molecule has 112 valence electrons. The van der Waals surface area contributed by atoms with E-state index in [1.54, 1.807) is 19.1 Å². The molecule has 2 rings (SSSR count).